The average molecular weight is 428 g/mol. The maximum Gasteiger partial charge on any atom is 0.251 e. The topological polar surface area (TPSA) is 105 Å². The highest BCUT2D eigenvalue weighted by molar-refractivity contribution is 6.22. The van der Waals surface area contributed by atoms with Crippen molar-refractivity contribution in [2.24, 2.45) is 5.73 Å². The van der Waals surface area contributed by atoms with Crippen molar-refractivity contribution in [3.63, 3.8) is 0 Å². The lowest BCUT2D eigenvalue weighted by atomic mass is 9.83. The first kappa shape index (κ1) is 20.3. The zero-order valence-electron chi connectivity index (χ0n) is 17.5. The molecule has 4 aliphatic heterocycles. The van der Waals surface area contributed by atoms with E-state index in [0.29, 0.717) is 43.1 Å². The maximum atomic E-state index is 13.2. The molecule has 0 aliphatic carbocycles. The summed E-state index contributed by atoms with van der Waals surface area (Å²) in [6.45, 7) is 3.05. The van der Waals surface area contributed by atoms with Gasteiger partial charge in [0.15, 0.2) is 11.5 Å². The molecule has 1 aromatic rings. The second kappa shape index (κ2) is 7.80. The van der Waals surface area contributed by atoms with Crippen molar-refractivity contribution in [2.45, 2.75) is 50.1 Å². The standard InChI is InChI=1S/C22H28N4O5/c23-21(29)22(25-8-2-1-3-9-25)6-10-24(11-7-22)16-13-19(27)26(20(16)28)15-4-5-17-18(12-15)31-14-30-17/h4-5,12,16H,1-3,6-11,13-14H2,(H2,23,29)/t16-/m1/s1. The number of amides is 3. The summed E-state index contributed by atoms with van der Waals surface area (Å²) in [5, 5.41) is 0. The average Bonchev–Trinajstić information content (AvgIpc) is 3.37. The molecule has 0 aromatic heterocycles. The Morgan fingerprint density at radius 3 is 2.42 bits per heavy atom. The number of anilines is 1. The van der Waals surface area contributed by atoms with Gasteiger partial charge in [-0.05, 0) is 50.9 Å². The fourth-order valence-corrected chi connectivity index (χ4v) is 5.44. The van der Waals surface area contributed by atoms with Gasteiger partial charge in [0.05, 0.1) is 18.2 Å². The summed E-state index contributed by atoms with van der Waals surface area (Å²) in [5.74, 6) is 0.415. The fraction of sp³-hybridized carbons (Fsp3) is 0.591. The molecule has 9 heteroatoms. The van der Waals surface area contributed by atoms with E-state index in [9.17, 15) is 14.4 Å². The van der Waals surface area contributed by atoms with Crippen LogP contribution in [-0.2, 0) is 14.4 Å². The third-order valence-corrected chi connectivity index (χ3v) is 7.22. The molecule has 5 rings (SSSR count). The molecule has 0 bridgehead atoms. The first-order valence-electron chi connectivity index (χ1n) is 11.0. The van der Waals surface area contributed by atoms with E-state index in [1.165, 1.54) is 11.3 Å². The highest BCUT2D eigenvalue weighted by Gasteiger charge is 2.49. The minimum Gasteiger partial charge on any atom is -0.454 e. The number of ether oxygens (including phenoxy) is 2. The second-order valence-corrected chi connectivity index (χ2v) is 8.80. The number of primary amides is 1. The lowest BCUT2D eigenvalue weighted by molar-refractivity contribution is -0.136. The molecular formula is C22H28N4O5. The van der Waals surface area contributed by atoms with Gasteiger partial charge in [-0.2, -0.15) is 0 Å². The van der Waals surface area contributed by atoms with Gasteiger partial charge in [-0.15, -0.1) is 0 Å². The van der Waals surface area contributed by atoms with E-state index in [1.54, 1.807) is 18.2 Å². The molecule has 9 nitrogen and oxygen atoms in total. The Labute approximate surface area is 181 Å². The van der Waals surface area contributed by atoms with Gasteiger partial charge in [0.2, 0.25) is 18.6 Å². The van der Waals surface area contributed by atoms with E-state index < -0.39 is 11.6 Å². The van der Waals surface area contributed by atoms with Crippen molar-refractivity contribution < 1.29 is 23.9 Å². The third-order valence-electron chi connectivity index (χ3n) is 7.22. The lowest BCUT2D eigenvalue weighted by Crippen LogP contribution is -2.64. The Morgan fingerprint density at radius 2 is 1.71 bits per heavy atom. The monoisotopic (exact) mass is 428 g/mol. The number of benzene rings is 1. The van der Waals surface area contributed by atoms with Crippen LogP contribution in [-0.4, -0.2) is 72.1 Å². The maximum absolute atomic E-state index is 13.2. The molecule has 3 saturated heterocycles. The van der Waals surface area contributed by atoms with Crippen molar-refractivity contribution in [3.8, 4) is 11.5 Å². The smallest absolute Gasteiger partial charge is 0.251 e. The van der Waals surface area contributed by atoms with Gasteiger partial charge < -0.3 is 15.2 Å². The molecule has 2 N–H and O–H groups in total. The number of carbonyl (C=O) groups excluding carboxylic acids is 3. The van der Waals surface area contributed by atoms with Crippen molar-refractivity contribution in [3.05, 3.63) is 18.2 Å². The van der Waals surface area contributed by atoms with Crippen LogP contribution in [0.15, 0.2) is 18.2 Å². The van der Waals surface area contributed by atoms with E-state index >= 15 is 0 Å². The van der Waals surface area contributed by atoms with Crippen LogP contribution in [0, 0.1) is 0 Å². The second-order valence-electron chi connectivity index (χ2n) is 8.80. The van der Waals surface area contributed by atoms with Crippen LogP contribution >= 0.6 is 0 Å². The predicted molar refractivity (Wildman–Crippen MR) is 112 cm³/mol. The molecule has 4 aliphatic rings. The van der Waals surface area contributed by atoms with Gasteiger partial charge in [0.1, 0.15) is 5.54 Å². The third kappa shape index (κ3) is 3.36. The summed E-state index contributed by atoms with van der Waals surface area (Å²) in [4.78, 5) is 43.9. The van der Waals surface area contributed by atoms with Crippen LogP contribution in [0.5, 0.6) is 11.5 Å². The van der Waals surface area contributed by atoms with E-state index in [4.69, 9.17) is 15.2 Å². The summed E-state index contributed by atoms with van der Waals surface area (Å²) in [5.41, 5.74) is 5.73. The Bertz CT molecular complexity index is 905. The fourth-order valence-electron chi connectivity index (χ4n) is 5.44. The van der Waals surface area contributed by atoms with Gasteiger partial charge in [-0.3, -0.25) is 24.2 Å². The molecule has 3 fully saturated rings. The van der Waals surface area contributed by atoms with Crippen molar-refractivity contribution in [1.82, 2.24) is 9.80 Å². The summed E-state index contributed by atoms with van der Waals surface area (Å²) in [6.07, 6.45) is 4.67. The van der Waals surface area contributed by atoms with Crippen molar-refractivity contribution in [1.29, 1.82) is 0 Å². The summed E-state index contributed by atoms with van der Waals surface area (Å²) in [6, 6.07) is 4.58. The molecule has 31 heavy (non-hydrogen) atoms. The zero-order valence-corrected chi connectivity index (χ0v) is 17.5. The van der Waals surface area contributed by atoms with Crippen LogP contribution < -0.4 is 20.1 Å². The van der Waals surface area contributed by atoms with E-state index in [-0.39, 0.29) is 30.9 Å². The first-order valence-corrected chi connectivity index (χ1v) is 11.0. The normalized spacial score (nSPS) is 26.5. The van der Waals surface area contributed by atoms with E-state index in [2.05, 4.69) is 4.90 Å². The summed E-state index contributed by atoms with van der Waals surface area (Å²) >= 11 is 0. The van der Waals surface area contributed by atoms with Gasteiger partial charge in [0, 0.05) is 19.2 Å². The highest BCUT2D eigenvalue weighted by atomic mass is 16.7. The van der Waals surface area contributed by atoms with Crippen LogP contribution in [0.2, 0.25) is 0 Å². The largest absolute Gasteiger partial charge is 0.454 e. The number of hydrogen-bond donors (Lipinski definition) is 1. The number of fused-ring (bicyclic) bond motifs is 1. The van der Waals surface area contributed by atoms with Gasteiger partial charge in [0.25, 0.3) is 5.91 Å². The Kier molecular flexibility index (Phi) is 5.10. The minimum absolute atomic E-state index is 0.135. The highest BCUT2D eigenvalue weighted by Crippen LogP contribution is 2.38. The molecule has 0 radical (unpaired) electrons. The summed E-state index contributed by atoms with van der Waals surface area (Å²) < 4.78 is 10.7. The van der Waals surface area contributed by atoms with Gasteiger partial charge >= 0.3 is 0 Å². The number of likely N-dealkylation sites (tertiary alicyclic amines) is 2. The number of rotatable bonds is 4. The number of nitrogens with two attached hydrogens (primary N) is 1. The zero-order chi connectivity index (χ0) is 21.6. The Balaban J connectivity index is 1.30. The molecule has 1 aromatic carbocycles. The molecule has 4 heterocycles. The van der Waals surface area contributed by atoms with Gasteiger partial charge in [-0.25, -0.2) is 4.90 Å². The van der Waals surface area contributed by atoms with Crippen LogP contribution in [0.1, 0.15) is 38.5 Å². The van der Waals surface area contributed by atoms with Crippen LogP contribution in [0.4, 0.5) is 5.69 Å². The number of carbonyl (C=O) groups is 3. The molecule has 1 atom stereocenters. The van der Waals surface area contributed by atoms with Crippen molar-refractivity contribution >= 4 is 23.4 Å². The number of piperidine rings is 2. The SMILES string of the molecule is NC(=O)C1(N2CCCCC2)CCN([C@@H]2CC(=O)N(c3ccc4c(c3)OCO4)C2=O)CC1. The lowest BCUT2D eigenvalue weighted by Gasteiger charge is -2.48. The van der Waals surface area contributed by atoms with E-state index in [1.807, 2.05) is 4.90 Å². The van der Waals surface area contributed by atoms with Crippen molar-refractivity contribution in [2.75, 3.05) is 37.9 Å². The minimum atomic E-state index is -0.639. The van der Waals surface area contributed by atoms with E-state index in [0.717, 1.165) is 25.9 Å². The van der Waals surface area contributed by atoms with Crippen LogP contribution in [0.3, 0.4) is 0 Å². The number of nitrogens with zero attached hydrogens (tertiary/aromatic N) is 3. The predicted octanol–water partition coefficient (Wildman–Crippen LogP) is 0.853. The first-order chi connectivity index (χ1) is 15.0. The van der Waals surface area contributed by atoms with Crippen LogP contribution in [0.25, 0.3) is 0 Å². The quantitative estimate of drug-likeness (QED) is 0.709. The number of hydrogen-bond acceptors (Lipinski definition) is 7. The molecule has 0 unspecified atom stereocenters. The molecule has 166 valence electrons. The number of imide groups is 1. The molecule has 0 spiro atoms. The summed E-state index contributed by atoms with van der Waals surface area (Å²) in [7, 11) is 0. The Morgan fingerprint density at radius 1 is 1.00 bits per heavy atom. The molecule has 0 saturated carbocycles. The molecule has 3 amide bonds. The molecular weight excluding hydrogens is 400 g/mol. The van der Waals surface area contributed by atoms with Gasteiger partial charge in [-0.1, -0.05) is 6.42 Å². The Hall–Kier alpha value is -2.65.